The van der Waals surface area contributed by atoms with Gasteiger partial charge in [0.25, 0.3) is 0 Å². The molecule has 0 atom stereocenters. The van der Waals surface area contributed by atoms with Gasteiger partial charge >= 0.3 is 0 Å². The summed E-state index contributed by atoms with van der Waals surface area (Å²) >= 11 is 0. The van der Waals surface area contributed by atoms with Crippen molar-refractivity contribution in [2.75, 3.05) is 0 Å². The minimum Gasteiger partial charge on any atom is -0.411 e. The van der Waals surface area contributed by atoms with E-state index in [2.05, 4.69) is 5.16 Å². The first-order valence-corrected chi connectivity index (χ1v) is 3.94. The fourth-order valence-electron chi connectivity index (χ4n) is 0.318. The van der Waals surface area contributed by atoms with Gasteiger partial charge in [0.15, 0.2) is 0 Å². The van der Waals surface area contributed by atoms with Crippen molar-refractivity contribution in [3.05, 3.63) is 23.3 Å². The summed E-state index contributed by atoms with van der Waals surface area (Å²) in [5.41, 5.74) is 2.17. The molecule has 0 aliphatic carbocycles. The SMILES string of the molecule is CC(C)=CC=NO.CC(C)=CC=O. The lowest BCUT2D eigenvalue weighted by Crippen LogP contribution is -1.65. The van der Waals surface area contributed by atoms with Crippen LogP contribution < -0.4 is 0 Å². The fourth-order valence-corrected chi connectivity index (χ4v) is 0.318. The Morgan fingerprint density at radius 2 is 1.54 bits per heavy atom. The molecule has 0 aliphatic heterocycles. The molecule has 0 aromatic carbocycles. The van der Waals surface area contributed by atoms with Gasteiger partial charge in [-0.2, -0.15) is 0 Å². The number of aldehydes is 1. The van der Waals surface area contributed by atoms with E-state index >= 15 is 0 Å². The van der Waals surface area contributed by atoms with Crippen LogP contribution in [0.5, 0.6) is 0 Å². The van der Waals surface area contributed by atoms with E-state index in [9.17, 15) is 4.79 Å². The summed E-state index contributed by atoms with van der Waals surface area (Å²) in [7, 11) is 0. The lowest BCUT2D eigenvalue weighted by atomic mass is 10.3. The summed E-state index contributed by atoms with van der Waals surface area (Å²) in [6.45, 7) is 7.63. The highest BCUT2D eigenvalue weighted by Gasteiger charge is 1.67. The molecule has 0 saturated carbocycles. The Morgan fingerprint density at radius 1 is 1.08 bits per heavy atom. The fraction of sp³-hybridized carbons (Fsp3) is 0.400. The first-order valence-electron chi connectivity index (χ1n) is 3.94. The molecule has 74 valence electrons. The third-order valence-electron chi connectivity index (χ3n) is 0.876. The summed E-state index contributed by atoms with van der Waals surface area (Å²) in [6.07, 6.45) is 5.38. The molecule has 0 rings (SSSR count). The van der Waals surface area contributed by atoms with Crippen LogP contribution in [0.25, 0.3) is 0 Å². The first kappa shape index (κ1) is 14.2. The third-order valence-corrected chi connectivity index (χ3v) is 0.876. The number of oxime groups is 1. The van der Waals surface area contributed by atoms with Gasteiger partial charge in [-0.1, -0.05) is 16.3 Å². The van der Waals surface area contributed by atoms with Crippen LogP contribution in [-0.4, -0.2) is 17.7 Å². The van der Waals surface area contributed by atoms with E-state index in [4.69, 9.17) is 5.21 Å². The van der Waals surface area contributed by atoms with Crippen molar-refractivity contribution in [3.63, 3.8) is 0 Å². The van der Waals surface area contributed by atoms with Gasteiger partial charge in [0, 0.05) is 0 Å². The number of rotatable bonds is 2. The molecule has 0 saturated heterocycles. The Balaban J connectivity index is 0. The van der Waals surface area contributed by atoms with E-state index in [1.807, 2.05) is 27.7 Å². The average Bonchev–Trinajstić information content (AvgIpc) is 2.01. The molecule has 0 fully saturated rings. The van der Waals surface area contributed by atoms with Gasteiger partial charge in [-0.05, 0) is 39.8 Å². The van der Waals surface area contributed by atoms with Crippen LogP contribution in [0, 0.1) is 0 Å². The van der Waals surface area contributed by atoms with E-state index < -0.39 is 0 Å². The third kappa shape index (κ3) is 25.0. The second-order valence-corrected chi connectivity index (χ2v) is 2.89. The van der Waals surface area contributed by atoms with E-state index in [0.29, 0.717) is 0 Å². The molecule has 0 radical (unpaired) electrons. The maximum absolute atomic E-state index is 9.54. The molecular formula is C10H17NO2. The van der Waals surface area contributed by atoms with Crippen LogP contribution >= 0.6 is 0 Å². The van der Waals surface area contributed by atoms with E-state index in [1.165, 1.54) is 12.3 Å². The topological polar surface area (TPSA) is 49.7 Å². The molecular weight excluding hydrogens is 166 g/mol. The van der Waals surface area contributed by atoms with Crippen molar-refractivity contribution in [1.29, 1.82) is 0 Å². The molecule has 0 aromatic rings. The number of hydrogen-bond acceptors (Lipinski definition) is 3. The minimum atomic E-state index is 0.787. The molecule has 3 heteroatoms. The van der Waals surface area contributed by atoms with E-state index in [-0.39, 0.29) is 0 Å². The maximum atomic E-state index is 9.54. The molecule has 0 unspecified atom stereocenters. The average molecular weight is 183 g/mol. The molecule has 1 N–H and O–H groups in total. The van der Waals surface area contributed by atoms with Crippen molar-refractivity contribution in [1.82, 2.24) is 0 Å². The molecule has 13 heavy (non-hydrogen) atoms. The Kier molecular flexibility index (Phi) is 11.6. The number of carbonyl (C=O) groups is 1. The summed E-state index contributed by atoms with van der Waals surface area (Å²) in [5, 5.41) is 10.6. The van der Waals surface area contributed by atoms with E-state index in [0.717, 1.165) is 17.4 Å². The largest absolute Gasteiger partial charge is 0.411 e. The monoisotopic (exact) mass is 183 g/mol. The molecule has 0 bridgehead atoms. The zero-order valence-corrected chi connectivity index (χ0v) is 8.61. The van der Waals surface area contributed by atoms with Crippen molar-refractivity contribution in [3.8, 4) is 0 Å². The lowest BCUT2D eigenvalue weighted by Gasteiger charge is -1.76. The van der Waals surface area contributed by atoms with Crippen LogP contribution in [0.15, 0.2) is 28.5 Å². The lowest BCUT2D eigenvalue weighted by molar-refractivity contribution is -0.104. The summed E-state index contributed by atoms with van der Waals surface area (Å²) < 4.78 is 0. The van der Waals surface area contributed by atoms with Gasteiger partial charge in [0.05, 0.1) is 6.21 Å². The molecule has 0 amide bonds. The normalized spacial score (nSPS) is 8.31. The van der Waals surface area contributed by atoms with Crippen LogP contribution in [0.3, 0.4) is 0 Å². The Morgan fingerprint density at radius 3 is 1.62 bits per heavy atom. The quantitative estimate of drug-likeness (QED) is 0.235. The summed E-state index contributed by atoms with van der Waals surface area (Å²) in [5.74, 6) is 0. The first-order chi connectivity index (χ1) is 6.04. The van der Waals surface area contributed by atoms with Gasteiger partial charge in [-0.15, -0.1) is 0 Å². The predicted octanol–water partition coefficient (Wildman–Crippen LogP) is 2.56. The maximum Gasteiger partial charge on any atom is 0.142 e. The van der Waals surface area contributed by atoms with Crippen molar-refractivity contribution in [2.24, 2.45) is 5.16 Å². The Hall–Kier alpha value is -1.38. The molecule has 0 aromatic heterocycles. The summed E-state index contributed by atoms with van der Waals surface area (Å²) in [4.78, 5) is 9.54. The van der Waals surface area contributed by atoms with Crippen LogP contribution in [-0.2, 0) is 4.79 Å². The van der Waals surface area contributed by atoms with E-state index in [1.54, 1.807) is 6.08 Å². The highest BCUT2D eigenvalue weighted by molar-refractivity contribution is 5.71. The smallest absolute Gasteiger partial charge is 0.142 e. The van der Waals surface area contributed by atoms with Gasteiger partial charge in [0.1, 0.15) is 6.29 Å². The number of allylic oxidation sites excluding steroid dienone is 4. The van der Waals surface area contributed by atoms with Gasteiger partial charge < -0.3 is 5.21 Å². The zero-order valence-electron chi connectivity index (χ0n) is 8.61. The van der Waals surface area contributed by atoms with Crippen molar-refractivity contribution >= 4 is 12.5 Å². The molecule has 0 aliphatic rings. The Labute approximate surface area is 79.5 Å². The second-order valence-electron chi connectivity index (χ2n) is 2.89. The standard InChI is InChI=1S/C5H9NO.C5H8O/c1-5(2)3-4-6-7;1-5(2)3-4-6/h3-4,7H,1-2H3;3-4H,1-2H3. The minimum absolute atomic E-state index is 0.787. The van der Waals surface area contributed by atoms with Gasteiger partial charge in [-0.3, -0.25) is 4.79 Å². The number of nitrogens with zero attached hydrogens (tertiary/aromatic N) is 1. The number of carbonyl (C=O) groups excluding carboxylic acids is 1. The van der Waals surface area contributed by atoms with Gasteiger partial charge in [-0.25, -0.2) is 0 Å². The van der Waals surface area contributed by atoms with Gasteiger partial charge in [0.2, 0.25) is 0 Å². The zero-order chi connectivity index (χ0) is 10.7. The predicted molar refractivity (Wildman–Crippen MR) is 55.2 cm³/mol. The Bertz CT molecular complexity index is 207. The molecule has 3 nitrogen and oxygen atoms in total. The number of hydrogen-bond donors (Lipinski definition) is 1. The highest BCUT2D eigenvalue weighted by Crippen LogP contribution is 1.82. The molecule has 0 heterocycles. The molecule has 0 spiro atoms. The summed E-state index contributed by atoms with van der Waals surface area (Å²) in [6, 6.07) is 0. The van der Waals surface area contributed by atoms with Crippen LogP contribution in [0.2, 0.25) is 0 Å². The van der Waals surface area contributed by atoms with Crippen LogP contribution in [0.1, 0.15) is 27.7 Å². The van der Waals surface area contributed by atoms with Crippen molar-refractivity contribution in [2.45, 2.75) is 27.7 Å². The van der Waals surface area contributed by atoms with Crippen LogP contribution in [0.4, 0.5) is 0 Å². The highest BCUT2D eigenvalue weighted by atomic mass is 16.4. The van der Waals surface area contributed by atoms with Crippen molar-refractivity contribution < 1.29 is 10.0 Å². The second kappa shape index (κ2) is 10.6.